The molecular weight excluding hydrogens is 867 g/mol. The summed E-state index contributed by atoms with van der Waals surface area (Å²) >= 11 is 0. The zero-order valence-corrected chi connectivity index (χ0v) is 38.9. The van der Waals surface area contributed by atoms with Crippen LogP contribution in [-0.2, 0) is 57.6 Å². The first kappa shape index (κ1) is 47.4. The van der Waals surface area contributed by atoms with Crippen molar-refractivity contribution in [3.8, 4) is 22.5 Å². The minimum atomic E-state index is -4.21. The van der Waals surface area contributed by atoms with Crippen LogP contribution in [0.5, 0.6) is 0 Å². The van der Waals surface area contributed by atoms with Gasteiger partial charge in [-0.1, -0.05) is 52.5 Å². The van der Waals surface area contributed by atoms with E-state index in [1.807, 2.05) is 63.2 Å². The summed E-state index contributed by atoms with van der Waals surface area (Å²) in [5, 5.41) is 4.00. The Balaban J connectivity index is 1.20. The monoisotopic (exact) mass is 924 g/mol. The van der Waals surface area contributed by atoms with Gasteiger partial charge in [0, 0.05) is 54.9 Å². The molecule has 1 aromatic carbocycles. The minimum absolute atomic E-state index is 0.0367. The molecule has 3 saturated heterocycles. The highest BCUT2D eigenvalue weighted by atomic mass is 19.3. The Morgan fingerprint density at radius 1 is 1.09 bits per heavy atom. The van der Waals surface area contributed by atoms with Crippen LogP contribution in [0, 0.1) is 11.3 Å². The third-order valence-electron chi connectivity index (χ3n) is 13.2. The van der Waals surface area contributed by atoms with Crippen molar-refractivity contribution < 1.29 is 47.0 Å². The molecule has 4 aromatic rings. The predicted octanol–water partition coefficient (Wildman–Crippen LogP) is 5.34. The number of halogens is 2. The molecule has 7 heterocycles. The van der Waals surface area contributed by atoms with Crippen LogP contribution >= 0.6 is 0 Å². The van der Waals surface area contributed by atoms with Crippen molar-refractivity contribution >= 4 is 40.6 Å². The molecule has 0 unspecified atom stereocenters. The SMILES string of the molecule is C=CC(=O)N1CC2(C1)OC(F)(F)N([C@H](C(=O)N[C@H]1Cc3cccc(c3)-c3ccc4c(n3)c(c(-c3cccnc3[C@H](C)OC)n4CC)CC(C)(C)COC(=O)[C@@H]3CCCN(N3)C1=O)C(C)C)C2=O. The minimum Gasteiger partial charge on any atom is -0.464 e. The number of likely N-dealkylation sites (tertiary alicyclic amines) is 1. The average Bonchev–Trinajstić information content (AvgIpc) is 3.71. The Morgan fingerprint density at radius 3 is 2.55 bits per heavy atom. The highest BCUT2D eigenvalue weighted by molar-refractivity contribution is 5.98. The number of hydrogen-bond acceptors (Lipinski definition) is 11. The van der Waals surface area contributed by atoms with Gasteiger partial charge in [-0.2, -0.15) is 8.78 Å². The van der Waals surface area contributed by atoms with Gasteiger partial charge in [-0.3, -0.25) is 38.7 Å². The number of pyridine rings is 2. The number of fused-ring (bicyclic) bond motifs is 6. The summed E-state index contributed by atoms with van der Waals surface area (Å²) in [5.74, 6) is -4.78. The number of rotatable bonds is 9. The summed E-state index contributed by atoms with van der Waals surface area (Å²) in [6, 6.07) is 11.2. The molecule has 8 rings (SSSR count). The lowest BCUT2D eigenvalue weighted by Crippen LogP contribution is -2.68. The zero-order valence-electron chi connectivity index (χ0n) is 38.9. The second-order valence-electron chi connectivity index (χ2n) is 19.0. The maximum Gasteiger partial charge on any atom is 0.452 e. The second-order valence-corrected chi connectivity index (χ2v) is 19.0. The molecule has 4 aliphatic rings. The number of aryl methyl sites for hydroxylation is 1. The highest BCUT2D eigenvalue weighted by Crippen LogP contribution is 2.45. The third kappa shape index (κ3) is 8.82. The quantitative estimate of drug-likeness (QED) is 0.126. The van der Waals surface area contributed by atoms with E-state index in [9.17, 15) is 24.0 Å². The van der Waals surface area contributed by atoms with Gasteiger partial charge in [0.05, 0.1) is 53.9 Å². The van der Waals surface area contributed by atoms with Crippen LogP contribution in [0.15, 0.2) is 67.4 Å². The number of benzene rings is 1. The number of alkyl halides is 2. The van der Waals surface area contributed by atoms with Gasteiger partial charge in [-0.15, -0.1) is 0 Å². The first-order valence-corrected chi connectivity index (χ1v) is 22.8. The van der Waals surface area contributed by atoms with Crippen molar-refractivity contribution in [2.45, 2.75) is 110 Å². The zero-order chi connectivity index (χ0) is 48.2. The lowest BCUT2D eigenvalue weighted by Gasteiger charge is -2.44. The molecule has 0 aliphatic carbocycles. The molecule has 0 radical (unpaired) electrons. The van der Waals surface area contributed by atoms with Crippen LogP contribution in [-0.4, -0.2) is 122 Å². The van der Waals surface area contributed by atoms with E-state index in [1.165, 1.54) is 18.9 Å². The number of nitrogens with zero attached hydrogens (tertiary/aromatic N) is 6. The molecule has 4 amide bonds. The van der Waals surface area contributed by atoms with Crippen LogP contribution in [0.4, 0.5) is 8.78 Å². The van der Waals surface area contributed by atoms with Gasteiger partial charge < -0.3 is 24.3 Å². The lowest BCUT2D eigenvalue weighted by molar-refractivity contribution is -0.324. The maximum absolute atomic E-state index is 15.9. The van der Waals surface area contributed by atoms with Crippen LogP contribution in [0.3, 0.4) is 0 Å². The number of carbonyl (C=O) groups is 5. The molecule has 2 N–H and O–H groups in total. The Hall–Kier alpha value is -6.11. The van der Waals surface area contributed by atoms with Crippen molar-refractivity contribution in [2.24, 2.45) is 11.3 Å². The van der Waals surface area contributed by atoms with Crippen LogP contribution in [0.1, 0.15) is 77.3 Å². The Kier molecular flexibility index (Phi) is 12.9. The number of esters is 1. The number of methoxy groups -OCH3 is 1. The molecule has 356 valence electrons. The predicted molar refractivity (Wildman–Crippen MR) is 242 cm³/mol. The largest absolute Gasteiger partial charge is 0.464 e. The number of hydrazine groups is 1. The molecule has 4 atom stereocenters. The average molecular weight is 925 g/mol. The van der Waals surface area contributed by atoms with Crippen molar-refractivity contribution in [2.75, 3.05) is 33.4 Å². The van der Waals surface area contributed by atoms with Crippen molar-refractivity contribution in [3.05, 3.63) is 84.2 Å². The standard InChI is InChI=1S/C49H58F2N8O8/c1-9-38(60)56-25-48(26-56)46(64)59(49(50,51)67-48)41(28(3)4)43(61)54-36-23-30-14-11-15-31(22-30)34-18-19-37-40(53-34)33(42(57(37)10-2)32-16-12-20-52-39(32)29(5)65-8)24-47(6,7)27-66-45(63)35-17-13-21-58(55-35)44(36)62/h9,11-12,14-16,18-20,22,28-29,35-36,41,55H,1,10,13,17,21,23-27H2,2-8H3,(H,54,61)/t29-,35-,36-,41-/m0/s1. The summed E-state index contributed by atoms with van der Waals surface area (Å²) in [6.07, 6.45) is -0.610. The van der Waals surface area contributed by atoms with E-state index < -0.39 is 84.0 Å². The molecule has 1 spiro atoms. The van der Waals surface area contributed by atoms with Crippen LogP contribution < -0.4 is 10.7 Å². The molecule has 18 heteroatoms. The number of aromatic nitrogens is 3. The topological polar surface area (TPSA) is 178 Å². The number of carbonyl (C=O) groups excluding carboxylic acids is 5. The second kappa shape index (κ2) is 18.2. The molecule has 3 fully saturated rings. The fourth-order valence-electron chi connectivity index (χ4n) is 9.78. The van der Waals surface area contributed by atoms with Gasteiger partial charge in [0.25, 0.3) is 11.8 Å². The molecule has 0 saturated carbocycles. The third-order valence-corrected chi connectivity index (χ3v) is 13.2. The van der Waals surface area contributed by atoms with Gasteiger partial charge in [0.15, 0.2) is 5.60 Å². The van der Waals surface area contributed by atoms with Gasteiger partial charge in [-0.25, -0.2) is 15.3 Å². The summed E-state index contributed by atoms with van der Waals surface area (Å²) in [7, 11) is 1.65. The number of hydrogen-bond donors (Lipinski definition) is 2. The molecule has 16 nitrogen and oxygen atoms in total. The Labute approximate surface area is 388 Å². The summed E-state index contributed by atoms with van der Waals surface area (Å²) < 4.78 is 50.9. The summed E-state index contributed by atoms with van der Waals surface area (Å²) in [6.45, 7) is 14.4. The number of ether oxygens (including phenoxy) is 3. The van der Waals surface area contributed by atoms with Crippen molar-refractivity contribution in [3.63, 3.8) is 0 Å². The van der Waals surface area contributed by atoms with E-state index in [1.54, 1.807) is 19.4 Å². The molecule has 4 aliphatic heterocycles. The Bertz CT molecular complexity index is 2630. The molecule has 6 bridgehead atoms. The van der Waals surface area contributed by atoms with E-state index in [0.29, 0.717) is 37.1 Å². The molecule has 67 heavy (non-hydrogen) atoms. The number of cyclic esters (lactones) is 1. The Morgan fingerprint density at radius 2 is 1.85 bits per heavy atom. The lowest BCUT2D eigenvalue weighted by atomic mass is 9.85. The van der Waals surface area contributed by atoms with Crippen LogP contribution in [0.25, 0.3) is 33.5 Å². The van der Waals surface area contributed by atoms with Gasteiger partial charge >= 0.3 is 12.2 Å². The first-order valence-electron chi connectivity index (χ1n) is 22.8. The van der Waals surface area contributed by atoms with Crippen LogP contribution in [0.2, 0.25) is 0 Å². The smallest absolute Gasteiger partial charge is 0.452 e. The van der Waals surface area contributed by atoms with Gasteiger partial charge in [0.1, 0.15) is 18.1 Å². The summed E-state index contributed by atoms with van der Waals surface area (Å²) in [5.41, 5.74) is 7.55. The van der Waals surface area contributed by atoms with E-state index in [-0.39, 0.29) is 30.6 Å². The van der Waals surface area contributed by atoms with Gasteiger partial charge in [0.2, 0.25) is 11.8 Å². The van der Waals surface area contributed by atoms with E-state index >= 15 is 8.78 Å². The van der Waals surface area contributed by atoms with E-state index in [4.69, 9.17) is 24.2 Å². The normalized spacial score (nSPS) is 22.3. The fraction of sp³-hybridized carbons (Fsp3) is 0.490. The van der Waals surface area contributed by atoms with Crippen molar-refractivity contribution in [1.82, 2.24) is 40.1 Å². The van der Waals surface area contributed by atoms with E-state index in [2.05, 4.69) is 28.8 Å². The molecule has 3 aromatic heterocycles. The summed E-state index contributed by atoms with van der Waals surface area (Å²) in [4.78, 5) is 80.4. The first-order chi connectivity index (χ1) is 31.8. The molecular formula is C49H58F2N8O8. The maximum atomic E-state index is 15.9. The van der Waals surface area contributed by atoms with E-state index in [0.717, 1.165) is 50.1 Å². The number of nitrogens with one attached hydrogen (secondary N) is 2. The number of amides is 4. The van der Waals surface area contributed by atoms with Crippen molar-refractivity contribution in [1.29, 1.82) is 0 Å². The highest BCUT2D eigenvalue weighted by Gasteiger charge is 2.70. The fourth-order valence-corrected chi connectivity index (χ4v) is 9.78. The van der Waals surface area contributed by atoms with Gasteiger partial charge in [-0.05, 0) is 81.0 Å².